The van der Waals surface area contributed by atoms with Crippen LogP contribution in [0.15, 0.2) is 60.8 Å². The topological polar surface area (TPSA) is 30.0 Å². The molecule has 86 valence electrons. The maximum atomic E-state index is 11.3. The SMILES string of the molecule is O=Pc1ccc2ccccc2c1-c1ccccn1. The molecule has 0 bridgehead atoms. The van der Waals surface area contributed by atoms with Crippen molar-refractivity contribution in [1.29, 1.82) is 0 Å². The van der Waals surface area contributed by atoms with Gasteiger partial charge < -0.3 is 0 Å². The maximum absolute atomic E-state index is 11.3. The molecule has 0 N–H and O–H groups in total. The molecule has 3 rings (SSSR count). The van der Waals surface area contributed by atoms with Crippen molar-refractivity contribution in [1.82, 2.24) is 4.98 Å². The molecule has 0 amide bonds. The predicted molar refractivity (Wildman–Crippen MR) is 74.4 cm³/mol. The van der Waals surface area contributed by atoms with E-state index in [1.807, 2.05) is 54.6 Å². The van der Waals surface area contributed by atoms with Gasteiger partial charge in [-0.2, -0.15) is 0 Å². The van der Waals surface area contributed by atoms with Crippen LogP contribution in [0.5, 0.6) is 0 Å². The Bertz CT molecular complexity index is 710. The lowest BCUT2D eigenvalue weighted by Crippen LogP contribution is -2.00. The molecule has 0 aliphatic rings. The molecular formula is C15H10NOP. The van der Waals surface area contributed by atoms with E-state index in [1.165, 1.54) is 0 Å². The van der Waals surface area contributed by atoms with E-state index in [-0.39, 0.29) is 8.46 Å². The van der Waals surface area contributed by atoms with E-state index in [0.29, 0.717) is 0 Å². The van der Waals surface area contributed by atoms with Crippen LogP contribution < -0.4 is 5.30 Å². The Hall–Kier alpha value is -2.05. The first kappa shape index (κ1) is 11.1. The zero-order chi connectivity index (χ0) is 12.4. The lowest BCUT2D eigenvalue weighted by atomic mass is 10.0. The largest absolute Gasteiger partial charge is 0.269 e. The number of aromatic nitrogens is 1. The summed E-state index contributed by atoms with van der Waals surface area (Å²) in [5.41, 5.74) is 1.80. The number of fused-ring (bicyclic) bond motifs is 1. The highest BCUT2D eigenvalue weighted by molar-refractivity contribution is 7.34. The zero-order valence-electron chi connectivity index (χ0n) is 9.58. The minimum absolute atomic E-state index is 0.0214. The van der Waals surface area contributed by atoms with E-state index in [1.54, 1.807) is 6.20 Å². The van der Waals surface area contributed by atoms with Crippen LogP contribution in [0, 0.1) is 0 Å². The molecule has 3 heteroatoms. The van der Waals surface area contributed by atoms with Crippen LogP contribution in [0.4, 0.5) is 0 Å². The smallest absolute Gasteiger partial charge is 0.193 e. The molecule has 3 aromatic rings. The van der Waals surface area contributed by atoms with Gasteiger partial charge in [0.25, 0.3) is 0 Å². The Balaban J connectivity index is 2.41. The molecule has 0 aliphatic carbocycles. The summed E-state index contributed by atoms with van der Waals surface area (Å²) in [6.07, 6.45) is 1.75. The van der Waals surface area contributed by atoms with Crippen molar-refractivity contribution < 1.29 is 4.57 Å². The van der Waals surface area contributed by atoms with Crippen molar-refractivity contribution in [2.45, 2.75) is 0 Å². The van der Waals surface area contributed by atoms with E-state index >= 15 is 0 Å². The van der Waals surface area contributed by atoms with Crippen molar-refractivity contribution in [3.05, 3.63) is 60.8 Å². The third kappa shape index (κ3) is 1.81. The molecule has 0 saturated heterocycles. The van der Waals surface area contributed by atoms with E-state index in [4.69, 9.17) is 0 Å². The zero-order valence-corrected chi connectivity index (χ0v) is 10.5. The fourth-order valence-corrected chi connectivity index (χ4v) is 2.58. The Morgan fingerprint density at radius 2 is 1.72 bits per heavy atom. The van der Waals surface area contributed by atoms with E-state index in [9.17, 15) is 4.57 Å². The predicted octanol–water partition coefficient (Wildman–Crippen LogP) is 3.82. The molecule has 0 spiro atoms. The van der Waals surface area contributed by atoms with Crippen molar-refractivity contribution in [3.63, 3.8) is 0 Å². The monoisotopic (exact) mass is 251 g/mol. The highest BCUT2D eigenvalue weighted by atomic mass is 31.1. The lowest BCUT2D eigenvalue weighted by Gasteiger charge is -2.08. The molecule has 0 unspecified atom stereocenters. The van der Waals surface area contributed by atoms with Gasteiger partial charge in [-0.3, -0.25) is 9.55 Å². The standard InChI is InChI=1S/C15H10NOP/c17-18-14-9-8-11-5-1-2-6-12(11)15(14)13-7-3-4-10-16-13/h1-10H. The van der Waals surface area contributed by atoms with Gasteiger partial charge in [-0.1, -0.05) is 36.4 Å². The molecule has 2 aromatic carbocycles. The summed E-state index contributed by atoms with van der Waals surface area (Å²) in [6, 6.07) is 17.7. The molecule has 0 atom stereocenters. The summed E-state index contributed by atoms with van der Waals surface area (Å²) in [5.74, 6) is 0. The third-order valence-corrected chi connectivity index (χ3v) is 3.50. The highest BCUT2D eigenvalue weighted by Crippen LogP contribution is 2.27. The molecule has 18 heavy (non-hydrogen) atoms. The number of hydrogen-bond acceptors (Lipinski definition) is 2. The summed E-state index contributed by atoms with van der Waals surface area (Å²) in [4.78, 5) is 4.36. The van der Waals surface area contributed by atoms with Gasteiger partial charge in [-0.15, -0.1) is 0 Å². The summed E-state index contributed by atoms with van der Waals surface area (Å²) in [7, 11) is 0.0214. The van der Waals surface area contributed by atoms with Gasteiger partial charge in [-0.05, 0) is 29.0 Å². The number of hydrogen-bond donors (Lipinski definition) is 0. The second kappa shape index (κ2) is 4.67. The van der Waals surface area contributed by atoms with Gasteiger partial charge in [0.1, 0.15) is 0 Å². The van der Waals surface area contributed by atoms with Crippen LogP contribution in [0.25, 0.3) is 22.0 Å². The first-order valence-electron chi connectivity index (χ1n) is 5.66. The van der Waals surface area contributed by atoms with Crippen molar-refractivity contribution in [2.24, 2.45) is 0 Å². The van der Waals surface area contributed by atoms with Gasteiger partial charge >= 0.3 is 0 Å². The molecule has 0 aliphatic heterocycles. The maximum Gasteiger partial charge on any atom is 0.193 e. The average molecular weight is 251 g/mol. The molecule has 1 aromatic heterocycles. The average Bonchev–Trinajstić information content (AvgIpc) is 2.47. The van der Waals surface area contributed by atoms with Crippen LogP contribution in [-0.4, -0.2) is 4.98 Å². The second-order valence-corrected chi connectivity index (χ2v) is 4.65. The van der Waals surface area contributed by atoms with Gasteiger partial charge in [0.2, 0.25) is 0 Å². The summed E-state index contributed by atoms with van der Waals surface area (Å²) in [6.45, 7) is 0. The van der Waals surface area contributed by atoms with Crippen LogP contribution >= 0.6 is 8.46 Å². The highest BCUT2D eigenvalue weighted by Gasteiger charge is 2.10. The van der Waals surface area contributed by atoms with Crippen LogP contribution in [-0.2, 0) is 4.57 Å². The lowest BCUT2D eigenvalue weighted by molar-refractivity contribution is 0.603. The summed E-state index contributed by atoms with van der Waals surface area (Å²) >= 11 is 0. The number of rotatable bonds is 2. The van der Waals surface area contributed by atoms with Crippen LogP contribution in [0.3, 0.4) is 0 Å². The van der Waals surface area contributed by atoms with Crippen molar-refractivity contribution in [2.75, 3.05) is 0 Å². The Labute approximate surface area is 107 Å². The van der Waals surface area contributed by atoms with Crippen molar-refractivity contribution in [3.8, 4) is 11.3 Å². The number of benzene rings is 2. The molecule has 0 radical (unpaired) electrons. The first-order valence-corrected chi connectivity index (χ1v) is 6.48. The van der Waals surface area contributed by atoms with Gasteiger partial charge in [-0.25, -0.2) is 0 Å². The molecule has 2 nitrogen and oxygen atoms in total. The van der Waals surface area contributed by atoms with Gasteiger partial charge in [0.05, 0.1) is 11.0 Å². The summed E-state index contributed by atoms with van der Waals surface area (Å²) < 4.78 is 11.3. The quantitative estimate of drug-likeness (QED) is 0.648. The Morgan fingerprint density at radius 1 is 0.889 bits per heavy atom. The van der Waals surface area contributed by atoms with Crippen molar-refractivity contribution >= 4 is 24.5 Å². The van der Waals surface area contributed by atoms with E-state index in [2.05, 4.69) is 4.98 Å². The fraction of sp³-hybridized carbons (Fsp3) is 0. The Kier molecular flexibility index (Phi) is 2.87. The minimum Gasteiger partial charge on any atom is -0.269 e. The molecular weight excluding hydrogens is 241 g/mol. The van der Waals surface area contributed by atoms with Gasteiger partial charge in [0.15, 0.2) is 8.46 Å². The normalized spacial score (nSPS) is 10.9. The molecule has 1 heterocycles. The second-order valence-electron chi connectivity index (χ2n) is 3.99. The van der Waals surface area contributed by atoms with E-state index < -0.39 is 0 Å². The first-order chi connectivity index (χ1) is 8.90. The van der Waals surface area contributed by atoms with Crippen LogP contribution in [0.2, 0.25) is 0 Å². The molecule has 0 fully saturated rings. The number of nitrogens with zero attached hydrogens (tertiary/aromatic N) is 1. The minimum atomic E-state index is 0.0214. The van der Waals surface area contributed by atoms with Crippen LogP contribution in [0.1, 0.15) is 0 Å². The number of pyridine rings is 1. The Morgan fingerprint density at radius 3 is 2.50 bits per heavy atom. The fourth-order valence-electron chi connectivity index (χ4n) is 2.12. The van der Waals surface area contributed by atoms with Gasteiger partial charge in [0, 0.05) is 11.8 Å². The van der Waals surface area contributed by atoms with E-state index in [0.717, 1.165) is 27.3 Å². The third-order valence-electron chi connectivity index (χ3n) is 2.93. The molecule has 0 saturated carbocycles. The summed E-state index contributed by atoms with van der Waals surface area (Å²) in [5, 5.41) is 2.98.